The first kappa shape index (κ1) is 15.8. The van der Waals surface area contributed by atoms with Crippen molar-refractivity contribution in [3.8, 4) is 0 Å². The van der Waals surface area contributed by atoms with Gasteiger partial charge in [-0.2, -0.15) is 0 Å². The summed E-state index contributed by atoms with van der Waals surface area (Å²) in [6.07, 6.45) is 3.56. The predicted octanol–water partition coefficient (Wildman–Crippen LogP) is 2.23. The van der Waals surface area contributed by atoms with Gasteiger partial charge in [-0.25, -0.2) is 0 Å². The molecule has 128 valence electrons. The maximum absolute atomic E-state index is 13.0. The summed E-state index contributed by atoms with van der Waals surface area (Å²) in [5.41, 5.74) is -0.652. The van der Waals surface area contributed by atoms with Gasteiger partial charge in [-0.1, -0.05) is 32.1 Å². The van der Waals surface area contributed by atoms with Gasteiger partial charge in [-0.3, -0.25) is 9.59 Å². The molecule has 0 N–H and O–H groups in total. The number of carbonyl (C=O) groups is 2. The molecular formula is C18H21NO4S. The highest BCUT2D eigenvalue weighted by atomic mass is 32.1. The molecule has 1 aromatic rings. The molecule has 1 unspecified atom stereocenters. The topological polar surface area (TPSA) is 55.8 Å². The fourth-order valence-electron chi connectivity index (χ4n) is 3.92. The molecule has 0 radical (unpaired) electrons. The van der Waals surface area contributed by atoms with Crippen LogP contribution >= 0.6 is 11.3 Å². The van der Waals surface area contributed by atoms with Crippen molar-refractivity contribution in [1.82, 2.24) is 4.90 Å². The van der Waals surface area contributed by atoms with Crippen LogP contribution in [0.1, 0.15) is 18.7 Å². The van der Waals surface area contributed by atoms with E-state index in [1.54, 1.807) is 11.3 Å². The minimum atomic E-state index is -0.652. The van der Waals surface area contributed by atoms with Gasteiger partial charge in [0.05, 0.1) is 31.7 Å². The van der Waals surface area contributed by atoms with Crippen LogP contribution in [0.25, 0.3) is 0 Å². The van der Waals surface area contributed by atoms with Gasteiger partial charge in [0.2, 0.25) is 5.91 Å². The van der Waals surface area contributed by atoms with Crippen LogP contribution in [0, 0.1) is 17.8 Å². The number of hydrogen-bond donors (Lipinski definition) is 0. The van der Waals surface area contributed by atoms with Crippen molar-refractivity contribution >= 4 is 23.2 Å². The fraction of sp³-hybridized carbons (Fsp3) is 0.556. The molecule has 1 spiro atoms. The summed E-state index contributed by atoms with van der Waals surface area (Å²) < 4.78 is 11.5. The number of hydrogen-bond acceptors (Lipinski definition) is 5. The summed E-state index contributed by atoms with van der Waals surface area (Å²) in [6, 6.07) is 4.00. The number of carbonyl (C=O) groups excluding carboxylic acids is 2. The second-order valence-electron chi connectivity index (χ2n) is 7.20. The third-order valence-corrected chi connectivity index (χ3v) is 5.80. The van der Waals surface area contributed by atoms with E-state index in [0.717, 1.165) is 4.88 Å². The van der Waals surface area contributed by atoms with Crippen LogP contribution in [-0.4, -0.2) is 41.6 Å². The van der Waals surface area contributed by atoms with Gasteiger partial charge in [0.25, 0.3) is 0 Å². The number of rotatable bonds is 5. The molecule has 4 rings (SSSR count). The maximum atomic E-state index is 13.0. The monoisotopic (exact) mass is 347 g/mol. The Kier molecular flexibility index (Phi) is 3.77. The Hall–Kier alpha value is -1.66. The second kappa shape index (κ2) is 5.70. The van der Waals surface area contributed by atoms with Crippen molar-refractivity contribution in [2.75, 3.05) is 13.2 Å². The second-order valence-corrected chi connectivity index (χ2v) is 8.23. The third kappa shape index (κ3) is 2.40. The van der Waals surface area contributed by atoms with Crippen molar-refractivity contribution in [1.29, 1.82) is 0 Å². The summed E-state index contributed by atoms with van der Waals surface area (Å²) in [7, 11) is 0. The van der Waals surface area contributed by atoms with E-state index < -0.39 is 17.4 Å². The lowest BCUT2D eigenvalue weighted by Crippen LogP contribution is -2.40. The molecule has 2 bridgehead atoms. The van der Waals surface area contributed by atoms with Crippen LogP contribution < -0.4 is 0 Å². The highest BCUT2D eigenvalue weighted by Crippen LogP contribution is 2.52. The van der Waals surface area contributed by atoms with E-state index in [9.17, 15) is 9.59 Å². The Morgan fingerprint density at radius 2 is 2.38 bits per heavy atom. The first-order chi connectivity index (χ1) is 11.5. The molecule has 2 saturated heterocycles. The first-order valence-electron chi connectivity index (χ1n) is 8.35. The van der Waals surface area contributed by atoms with Gasteiger partial charge in [0.15, 0.2) is 0 Å². The predicted molar refractivity (Wildman–Crippen MR) is 89.3 cm³/mol. The number of esters is 1. The molecule has 5 nitrogen and oxygen atoms in total. The highest BCUT2D eigenvalue weighted by Gasteiger charge is 2.67. The lowest BCUT2D eigenvalue weighted by Gasteiger charge is -2.23. The zero-order chi connectivity index (χ0) is 16.9. The molecule has 1 amide bonds. The Labute approximate surface area is 145 Å². The molecule has 4 atom stereocenters. The molecule has 0 aromatic carbocycles. The fourth-order valence-corrected chi connectivity index (χ4v) is 4.64. The SMILES string of the molecule is CC(C)COC(=O)C1[C@H]2C(=O)N(Cc3cccs3)C[C@]23C=C[C@H]1O3. The molecule has 0 aliphatic carbocycles. The third-order valence-electron chi connectivity index (χ3n) is 4.94. The van der Waals surface area contributed by atoms with E-state index in [2.05, 4.69) is 0 Å². The minimum Gasteiger partial charge on any atom is -0.465 e. The van der Waals surface area contributed by atoms with Gasteiger partial charge in [0, 0.05) is 4.88 Å². The lowest BCUT2D eigenvalue weighted by atomic mass is 9.77. The number of amides is 1. The van der Waals surface area contributed by atoms with Crippen LogP contribution in [0.15, 0.2) is 29.7 Å². The van der Waals surface area contributed by atoms with Crippen LogP contribution in [0.5, 0.6) is 0 Å². The lowest BCUT2D eigenvalue weighted by molar-refractivity contribution is -0.154. The van der Waals surface area contributed by atoms with Crippen molar-refractivity contribution in [3.63, 3.8) is 0 Å². The summed E-state index contributed by atoms with van der Waals surface area (Å²) in [4.78, 5) is 28.5. The average Bonchev–Trinajstić information content (AvgIpc) is 3.28. The molecule has 0 saturated carbocycles. The van der Waals surface area contributed by atoms with E-state index in [1.807, 2.05) is 48.4 Å². The van der Waals surface area contributed by atoms with Crippen molar-refractivity contribution < 1.29 is 19.1 Å². The van der Waals surface area contributed by atoms with E-state index in [1.165, 1.54) is 0 Å². The summed E-state index contributed by atoms with van der Waals surface area (Å²) in [5.74, 6) is -1.01. The zero-order valence-corrected chi connectivity index (χ0v) is 14.6. The van der Waals surface area contributed by atoms with Crippen LogP contribution in [0.2, 0.25) is 0 Å². The van der Waals surface area contributed by atoms with E-state index in [4.69, 9.17) is 9.47 Å². The Morgan fingerprint density at radius 1 is 1.54 bits per heavy atom. The minimum absolute atomic E-state index is 0.00162. The number of fused-ring (bicyclic) bond motifs is 1. The maximum Gasteiger partial charge on any atom is 0.312 e. The molecular weight excluding hydrogens is 326 g/mol. The van der Waals surface area contributed by atoms with Crippen LogP contribution in [-0.2, 0) is 25.6 Å². The summed E-state index contributed by atoms with van der Waals surface area (Å²) in [6.45, 7) is 5.45. The average molecular weight is 347 g/mol. The molecule has 4 heterocycles. The van der Waals surface area contributed by atoms with Gasteiger partial charge in [-0.15, -0.1) is 11.3 Å². The van der Waals surface area contributed by atoms with E-state index in [-0.39, 0.29) is 23.9 Å². The summed E-state index contributed by atoms with van der Waals surface area (Å²) in [5, 5.41) is 2.00. The molecule has 2 fully saturated rings. The van der Waals surface area contributed by atoms with Crippen LogP contribution in [0.3, 0.4) is 0 Å². The van der Waals surface area contributed by atoms with Crippen molar-refractivity contribution in [2.24, 2.45) is 17.8 Å². The normalized spacial score (nSPS) is 33.5. The molecule has 3 aliphatic rings. The number of ether oxygens (including phenoxy) is 2. The molecule has 1 aromatic heterocycles. The van der Waals surface area contributed by atoms with Crippen molar-refractivity contribution in [2.45, 2.75) is 32.1 Å². The Balaban J connectivity index is 1.54. The number of thiophene rings is 1. The Bertz CT molecular complexity index is 683. The number of likely N-dealkylation sites (tertiary alicyclic amines) is 1. The largest absolute Gasteiger partial charge is 0.465 e. The molecule has 3 aliphatic heterocycles. The number of nitrogens with zero attached hydrogens (tertiary/aromatic N) is 1. The van der Waals surface area contributed by atoms with E-state index >= 15 is 0 Å². The van der Waals surface area contributed by atoms with Gasteiger partial charge in [0.1, 0.15) is 11.5 Å². The quantitative estimate of drug-likeness (QED) is 0.605. The Morgan fingerprint density at radius 3 is 3.08 bits per heavy atom. The smallest absolute Gasteiger partial charge is 0.312 e. The molecule has 24 heavy (non-hydrogen) atoms. The highest BCUT2D eigenvalue weighted by molar-refractivity contribution is 7.09. The zero-order valence-electron chi connectivity index (χ0n) is 13.8. The standard InChI is InChI=1S/C18H21NO4S/c1-11(2)9-22-17(21)14-13-5-6-18(23-13)10-19(16(20)15(14)18)8-12-4-3-7-24-12/h3-7,11,13-15H,8-10H2,1-2H3/t13-,14?,15+,18-/m1/s1. The van der Waals surface area contributed by atoms with E-state index in [0.29, 0.717) is 19.7 Å². The van der Waals surface area contributed by atoms with Gasteiger partial charge >= 0.3 is 5.97 Å². The summed E-state index contributed by atoms with van der Waals surface area (Å²) >= 11 is 1.63. The van der Waals surface area contributed by atoms with Crippen LogP contribution in [0.4, 0.5) is 0 Å². The molecule has 6 heteroatoms. The first-order valence-corrected chi connectivity index (χ1v) is 9.23. The van der Waals surface area contributed by atoms with Crippen molar-refractivity contribution in [3.05, 3.63) is 34.5 Å². The van der Waals surface area contributed by atoms with Gasteiger partial charge in [-0.05, 0) is 17.4 Å². The van der Waals surface area contributed by atoms with Gasteiger partial charge < -0.3 is 14.4 Å².